The number of fused-ring (bicyclic) bond motifs is 1. The number of carbonyl (C=O) groups is 2. The summed E-state index contributed by atoms with van der Waals surface area (Å²) in [5, 5.41) is 2.09. The minimum atomic E-state index is -0.428. The Kier molecular flexibility index (Phi) is 6.55. The van der Waals surface area contributed by atoms with Crippen molar-refractivity contribution in [3.63, 3.8) is 0 Å². The molecular weight excluding hydrogens is 354 g/mol. The molecule has 1 aliphatic rings. The van der Waals surface area contributed by atoms with Crippen LogP contribution in [0.4, 0.5) is 0 Å². The zero-order valence-corrected chi connectivity index (χ0v) is 16.9. The highest BCUT2D eigenvalue weighted by Gasteiger charge is 2.26. The molecule has 0 aromatic heterocycles. The number of likely N-dealkylation sites (tertiary alicyclic amines) is 1. The van der Waals surface area contributed by atoms with E-state index in [0.717, 1.165) is 54.3 Å². The van der Waals surface area contributed by atoms with Crippen molar-refractivity contribution in [2.45, 2.75) is 51.5 Å². The number of benzene rings is 2. The Morgan fingerprint density at radius 3 is 2.64 bits per heavy atom. The number of hydrogen-bond acceptors (Lipinski definition) is 4. The molecule has 0 bridgehead atoms. The van der Waals surface area contributed by atoms with Gasteiger partial charge in [-0.25, -0.2) is 0 Å². The van der Waals surface area contributed by atoms with Crippen molar-refractivity contribution < 1.29 is 19.1 Å². The molecule has 1 heterocycles. The second-order valence-electron chi connectivity index (χ2n) is 7.45. The fourth-order valence-corrected chi connectivity index (χ4v) is 3.87. The van der Waals surface area contributed by atoms with Crippen molar-refractivity contribution in [2.75, 3.05) is 20.3 Å². The van der Waals surface area contributed by atoms with Gasteiger partial charge in [0.05, 0.1) is 13.0 Å². The number of esters is 1. The third kappa shape index (κ3) is 4.46. The molecule has 2 atom stereocenters. The molecule has 1 saturated heterocycles. The third-order valence-corrected chi connectivity index (χ3v) is 5.68. The molecule has 28 heavy (non-hydrogen) atoms. The highest BCUT2D eigenvalue weighted by molar-refractivity contribution is 5.87. The summed E-state index contributed by atoms with van der Waals surface area (Å²) in [6, 6.07) is 12.0. The van der Waals surface area contributed by atoms with E-state index in [0.29, 0.717) is 0 Å². The standard InChI is InChI=1S/C23H29NO4/c1-4-20-7-5-6-12-24(20)22(25)15-28-23(26)16(2)17-8-9-19-14-21(27-3)11-10-18(19)13-17/h8-11,13-14,16,20H,4-7,12,15H2,1-3H3/t16-,20+/m0/s1. The monoisotopic (exact) mass is 383 g/mol. The topological polar surface area (TPSA) is 55.8 Å². The maximum absolute atomic E-state index is 12.5. The van der Waals surface area contributed by atoms with E-state index >= 15 is 0 Å². The third-order valence-electron chi connectivity index (χ3n) is 5.68. The molecule has 1 fully saturated rings. The fraction of sp³-hybridized carbons (Fsp3) is 0.478. The summed E-state index contributed by atoms with van der Waals surface area (Å²) in [7, 11) is 1.64. The van der Waals surface area contributed by atoms with Crippen molar-refractivity contribution in [3.8, 4) is 5.75 Å². The molecule has 0 N–H and O–H groups in total. The van der Waals surface area contributed by atoms with Crippen LogP contribution in [0, 0.1) is 0 Å². The molecule has 5 heteroatoms. The Bertz CT molecular complexity index is 848. The molecule has 0 radical (unpaired) electrons. The van der Waals surface area contributed by atoms with Gasteiger partial charge in [0.2, 0.25) is 0 Å². The average molecular weight is 383 g/mol. The summed E-state index contributed by atoms with van der Waals surface area (Å²) in [4.78, 5) is 26.9. The number of carbonyl (C=O) groups excluding carboxylic acids is 2. The smallest absolute Gasteiger partial charge is 0.313 e. The first kappa shape index (κ1) is 20.2. The van der Waals surface area contributed by atoms with Gasteiger partial charge in [0.1, 0.15) is 5.75 Å². The van der Waals surface area contributed by atoms with Crippen LogP contribution in [-0.2, 0) is 14.3 Å². The lowest BCUT2D eigenvalue weighted by molar-refractivity contribution is -0.154. The molecule has 2 aromatic rings. The minimum absolute atomic E-state index is 0.0855. The second-order valence-corrected chi connectivity index (χ2v) is 7.45. The van der Waals surface area contributed by atoms with Gasteiger partial charge in [-0.2, -0.15) is 0 Å². The maximum atomic E-state index is 12.5. The number of amides is 1. The normalized spacial score (nSPS) is 18.0. The Morgan fingerprint density at radius 2 is 1.89 bits per heavy atom. The van der Waals surface area contributed by atoms with E-state index in [1.54, 1.807) is 7.11 Å². The molecule has 0 spiro atoms. The summed E-state index contributed by atoms with van der Waals surface area (Å²) in [6.07, 6.45) is 4.16. The minimum Gasteiger partial charge on any atom is -0.497 e. The lowest BCUT2D eigenvalue weighted by atomic mass is 9.98. The van der Waals surface area contributed by atoms with Crippen molar-refractivity contribution in [1.29, 1.82) is 0 Å². The molecule has 1 aliphatic heterocycles. The highest BCUT2D eigenvalue weighted by atomic mass is 16.5. The Hall–Kier alpha value is -2.56. The summed E-state index contributed by atoms with van der Waals surface area (Å²) in [6.45, 7) is 4.50. The molecule has 0 saturated carbocycles. The summed E-state index contributed by atoms with van der Waals surface area (Å²) in [5.74, 6) is -0.0825. The van der Waals surface area contributed by atoms with Gasteiger partial charge in [-0.15, -0.1) is 0 Å². The molecular formula is C23H29NO4. The van der Waals surface area contributed by atoms with E-state index in [9.17, 15) is 9.59 Å². The number of methoxy groups -OCH3 is 1. The van der Waals surface area contributed by atoms with Gasteiger partial charge in [0, 0.05) is 12.6 Å². The van der Waals surface area contributed by atoms with Crippen LogP contribution in [0.1, 0.15) is 51.0 Å². The SMILES string of the molecule is CC[C@@H]1CCCCN1C(=O)COC(=O)[C@@H](C)c1ccc2cc(OC)ccc2c1. The molecule has 5 nitrogen and oxygen atoms in total. The van der Waals surface area contributed by atoms with Crippen LogP contribution in [0.15, 0.2) is 36.4 Å². The summed E-state index contributed by atoms with van der Waals surface area (Å²) < 4.78 is 10.6. The van der Waals surface area contributed by atoms with Gasteiger partial charge in [0.15, 0.2) is 6.61 Å². The molecule has 1 amide bonds. The zero-order chi connectivity index (χ0) is 20.1. The van der Waals surface area contributed by atoms with Crippen LogP contribution < -0.4 is 4.74 Å². The Morgan fingerprint density at radius 1 is 1.14 bits per heavy atom. The molecule has 0 aliphatic carbocycles. The largest absolute Gasteiger partial charge is 0.497 e. The first-order chi connectivity index (χ1) is 13.5. The quantitative estimate of drug-likeness (QED) is 0.699. The van der Waals surface area contributed by atoms with Gasteiger partial charge in [-0.05, 0) is 61.1 Å². The number of ether oxygens (including phenoxy) is 2. The number of rotatable bonds is 6. The molecule has 0 unspecified atom stereocenters. The Balaban J connectivity index is 1.62. The molecule has 150 valence electrons. The van der Waals surface area contributed by atoms with Crippen molar-refractivity contribution in [3.05, 3.63) is 42.0 Å². The van der Waals surface area contributed by atoms with Crippen LogP contribution in [0.3, 0.4) is 0 Å². The zero-order valence-electron chi connectivity index (χ0n) is 16.9. The van der Waals surface area contributed by atoms with Gasteiger partial charge in [-0.3, -0.25) is 9.59 Å². The van der Waals surface area contributed by atoms with Gasteiger partial charge in [-0.1, -0.05) is 31.2 Å². The van der Waals surface area contributed by atoms with E-state index in [4.69, 9.17) is 9.47 Å². The van der Waals surface area contributed by atoms with E-state index < -0.39 is 5.92 Å². The van der Waals surface area contributed by atoms with E-state index in [1.165, 1.54) is 0 Å². The summed E-state index contributed by atoms with van der Waals surface area (Å²) in [5.41, 5.74) is 0.875. The number of hydrogen-bond donors (Lipinski definition) is 0. The van der Waals surface area contributed by atoms with Crippen LogP contribution in [0.5, 0.6) is 5.75 Å². The first-order valence-electron chi connectivity index (χ1n) is 10.1. The van der Waals surface area contributed by atoms with Crippen LogP contribution in [0.2, 0.25) is 0 Å². The van der Waals surface area contributed by atoms with Gasteiger partial charge >= 0.3 is 5.97 Å². The van der Waals surface area contributed by atoms with Crippen molar-refractivity contribution >= 4 is 22.6 Å². The van der Waals surface area contributed by atoms with E-state index in [-0.39, 0.29) is 24.5 Å². The lowest BCUT2D eigenvalue weighted by Gasteiger charge is -2.35. The second kappa shape index (κ2) is 9.09. The number of piperidine rings is 1. The predicted octanol–water partition coefficient (Wildman–Crippen LogP) is 4.29. The fourth-order valence-electron chi connectivity index (χ4n) is 3.87. The average Bonchev–Trinajstić information content (AvgIpc) is 2.75. The predicted molar refractivity (Wildman–Crippen MR) is 110 cm³/mol. The molecule has 3 rings (SSSR count). The summed E-state index contributed by atoms with van der Waals surface area (Å²) >= 11 is 0. The Labute approximate surface area is 166 Å². The van der Waals surface area contributed by atoms with Crippen LogP contribution in [-0.4, -0.2) is 43.1 Å². The van der Waals surface area contributed by atoms with Crippen LogP contribution >= 0.6 is 0 Å². The maximum Gasteiger partial charge on any atom is 0.313 e. The lowest BCUT2D eigenvalue weighted by Crippen LogP contribution is -2.45. The van der Waals surface area contributed by atoms with Crippen molar-refractivity contribution in [1.82, 2.24) is 4.90 Å². The van der Waals surface area contributed by atoms with E-state index in [1.807, 2.05) is 48.2 Å². The molecule has 2 aromatic carbocycles. The number of nitrogens with zero attached hydrogens (tertiary/aromatic N) is 1. The highest BCUT2D eigenvalue weighted by Crippen LogP contribution is 2.26. The van der Waals surface area contributed by atoms with Crippen LogP contribution in [0.25, 0.3) is 10.8 Å². The van der Waals surface area contributed by atoms with Gasteiger partial charge in [0.25, 0.3) is 5.91 Å². The van der Waals surface area contributed by atoms with Crippen molar-refractivity contribution in [2.24, 2.45) is 0 Å². The first-order valence-corrected chi connectivity index (χ1v) is 10.1. The van der Waals surface area contributed by atoms with E-state index in [2.05, 4.69) is 6.92 Å². The van der Waals surface area contributed by atoms with Gasteiger partial charge < -0.3 is 14.4 Å².